The highest BCUT2D eigenvalue weighted by Crippen LogP contribution is 2.07. The van der Waals surface area contributed by atoms with E-state index in [1.165, 1.54) is 12.4 Å². The van der Waals surface area contributed by atoms with Gasteiger partial charge in [-0.3, -0.25) is 9.36 Å². The molecular formula is C9H13FN2O3S. The van der Waals surface area contributed by atoms with Gasteiger partial charge in [0.1, 0.15) is 0 Å². The SMILES string of the molecule is CC(C)c1cc(=O)n(CCS(=O)(=O)F)cn1. The Labute approximate surface area is 93.2 Å². The molecule has 0 aliphatic carbocycles. The summed E-state index contributed by atoms with van der Waals surface area (Å²) >= 11 is 0. The highest BCUT2D eigenvalue weighted by Gasteiger charge is 2.09. The first-order valence-corrected chi connectivity index (χ1v) is 6.33. The zero-order valence-electron chi connectivity index (χ0n) is 9.05. The van der Waals surface area contributed by atoms with Gasteiger partial charge in [-0.15, -0.1) is 3.89 Å². The van der Waals surface area contributed by atoms with Gasteiger partial charge in [-0.25, -0.2) is 4.98 Å². The van der Waals surface area contributed by atoms with E-state index >= 15 is 0 Å². The Kier molecular flexibility index (Phi) is 3.79. The second-order valence-electron chi connectivity index (χ2n) is 3.74. The van der Waals surface area contributed by atoms with Crippen LogP contribution in [-0.2, 0) is 16.8 Å². The smallest absolute Gasteiger partial charge is 0.298 e. The lowest BCUT2D eigenvalue weighted by Gasteiger charge is -2.06. The van der Waals surface area contributed by atoms with E-state index in [1.807, 2.05) is 13.8 Å². The maximum Gasteiger partial charge on any atom is 0.304 e. The summed E-state index contributed by atoms with van der Waals surface area (Å²) in [5.41, 5.74) is 0.256. The molecule has 0 N–H and O–H groups in total. The molecule has 7 heteroatoms. The summed E-state index contributed by atoms with van der Waals surface area (Å²) in [5, 5.41) is 0. The minimum Gasteiger partial charge on any atom is -0.298 e. The molecule has 0 atom stereocenters. The van der Waals surface area contributed by atoms with Gasteiger partial charge in [0.15, 0.2) is 0 Å². The lowest BCUT2D eigenvalue weighted by molar-refractivity contribution is 0.543. The van der Waals surface area contributed by atoms with E-state index in [4.69, 9.17) is 0 Å². The van der Waals surface area contributed by atoms with Crippen molar-refractivity contribution in [2.24, 2.45) is 0 Å². The summed E-state index contributed by atoms with van der Waals surface area (Å²) < 4.78 is 33.9. The van der Waals surface area contributed by atoms with Gasteiger partial charge < -0.3 is 0 Å². The minimum atomic E-state index is -4.55. The summed E-state index contributed by atoms with van der Waals surface area (Å²) in [4.78, 5) is 15.5. The van der Waals surface area contributed by atoms with Crippen LogP contribution in [0.15, 0.2) is 17.2 Å². The second-order valence-corrected chi connectivity index (χ2v) is 5.23. The summed E-state index contributed by atoms with van der Waals surface area (Å²) in [6.45, 7) is 3.55. The minimum absolute atomic E-state index is 0.118. The van der Waals surface area contributed by atoms with E-state index in [9.17, 15) is 17.1 Å². The Balaban J connectivity index is 2.88. The van der Waals surface area contributed by atoms with Crippen molar-refractivity contribution in [1.29, 1.82) is 0 Å². The van der Waals surface area contributed by atoms with Gasteiger partial charge in [0, 0.05) is 12.6 Å². The lowest BCUT2D eigenvalue weighted by atomic mass is 10.1. The monoisotopic (exact) mass is 248 g/mol. The molecule has 16 heavy (non-hydrogen) atoms. The molecule has 1 aromatic rings. The second kappa shape index (κ2) is 4.73. The van der Waals surface area contributed by atoms with Crippen molar-refractivity contribution in [3.05, 3.63) is 28.4 Å². The average molecular weight is 248 g/mol. The Morgan fingerprint density at radius 2 is 2.12 bits per heavy atom. The predicted octanol–water partition coefficient (Wildman–Crippen LogP) is 0.666. The molecule has 0 aromatic carbocycles. The van der Waals surface area contributed by atoms with Gasteiger partial charge >= 0.3 is 10.2 Å². The predicted molar refractivity (Wildman–Crippen MR) is 57.5 cm³/mol. The topological polar surface area (TPSA) is 69.0 Å². The van der Waals surface area contributed by atoms with E-state index in [2.05, 4.69) is 4.98 Å². The number of rotatable bonds is 4. The van der Waals surface area contributed by atoms with Gasteiger partial charge in [0.05, 0.1) is 17.8 Å². The van der Waals surface area contributed by atoms with Gasteiger partial charge in [0.2, 0.25) is 0 Å². The Morgan fingerprint density at radius 3 is 2.56 bits per heavy atom. The first-order chi connectivity index (χ1) is 7.29. The number of halogens is 1. The summed E-state index contributed by atoms with van der Waals surface area (Å²) in [7, 11) is -4.55. The number of nitrogens with zero attached hydrogens (tertiary/aromatic N) is 2. The van der Waals surface area contributed by atoms with E-state index in [-0.39, 0.29) is 18.0 Å². The van der Waals surface area contributed by atoms with Crippen molar-refractivity contribution in [3.63, 3.8) is 0 Å². The van der Waals surface area contributed by atoms with Gasteiger partial charge in [-0.2, -0.15) is 8.42 Å². The number of hydrogen-bond donors (Lipinski definition) is 0. The maximum absolute atomic E-state index is 12.3. The van der Waals surface area contributed by atoms with Crippen molar-refractivity contribution in [3.8, 4) is 0 Å². The third-order valence-corrected chi connectivity index (χ3v) is 2.74. The molecule has 0 radical (unpaired) electrons. The number of aryl methyl sites for hydroxylation is 1. The van der Waals surface area contributed by atoms with Crippen LogP contribution < -0.4 is 5.56 Å². The molecule has 0 aliphatic heterocycles. The van der Waals surface area contributed by atoms with Crippen LogP contribution in [0.4, 0.5) is 3.89 Å². The third-order valence-electron chi connectivity index (χ3n) is 2.07. The molecule has 0 bridgehead atoms. The standard InChI is InChI=1S/C9H13FN2O3S/c1-7(2)8-5-9(13)12(6-11-8)3-4-16(10,14)15/h5-7H,3-4H2,1-2H3. The van der Waals surface area contributed by atoms with Crippen molar-refractivity contribution in [2.75, 3.05) is 5.75 Å². The molecule has 5 nitrogen and oxygen atoms in total. The summed E-state index contributed by atoms with van der Waals surface area (Å²) in [6.07, 6.45) is 1.24. The molecule has 1 heterocycles. The molecule has 1 aromatic heterocycles. The largest absolute Gasteiger partial charge is 0.304 e. The van der Waals surface area contributed by atoms with Crippen LogP contribution in [0.2, 0.25) is 0 Å². The molecule has 0 amide bonds. The molecule has 90 valence electrons. The van der Waals surface area contributed by atoms with Gasteiger partial charge in [0.25, 0.3) is 5.56 Å². The fraction of sp³-hybridized carbons (Fsp3) is 0.556. The summed E-state index contributed by atoms with van der Waals surface area (Å²) in [5.74, 6) is -0.595. The zero-order chi connectivity index (χ0) is 12.3. The van der Waals surface area contributed by atoms with Gasteiger partial charge in [-0.1, -0.05) is 13.8 Å². The van der Waals surface area contributed by atoms with Crippen LogP contribution in [0, 0.1) is 0 Å². The van der Waals surface area contributed by atoms with Crippen molar-refractivity contribution in [1.82, 2.24) is 9.55 Å². The Hall–Kier alpha value is -1.24. The molecule has 0 saturated heterocycles. The molecule has 0 aliphatic rings. The van der Waals surface area contributed by atoms with E-state index in [1.54, 1.807) is 0 Å². The lowest BCUT2D eigenvalue weighted by Crippen LogP contribution is -2.23. The highest BCUT2D eigenvalue weighted by molar-refractivity contribution is 7.86. The number of hydrogen-bond acceptors (Lipinski definition) is 4. The molecule has 0 fully saturated rings. The van der Waals surface area contributed by atoms with Crippen molar-refractivity contribution in [2.45, 2.75) is 26.3 Å². The van der Waals surface area contributed by atoms with Crippen LogP contribution in [0.25, 0.3) is 0 Å². The third kappa shape index (κ3) is 3.73. The van der Waals surface area contributed by atoms with E-state index in [0.717, 1.165) is 4.57 Å². The van der Waals surface area contributed by atoms with E-state index < -0.39 is 16.0 Å². The first kappa shape index (κ1) is 12.8. The Bertz CT molecular complexity index is 522. The van der Waals surface area contributed by atoms with Crippen LogP contribution >= 0.6 is 0 Å². The van der Waals surface area contributed by atoms with Crippen LogP contribution in [0.1, 0.15) is 25.5 Å². The molecule has 0 unspecified atom stereocenters. The quantitative estimate of drug-likeness (QED) is 0.734. The molecule has 0 saturated carbocycles. The molecule has 0 spiro atoms. The molecule has 1 rings (SSSR count). The average Bonchev–Trinajstić information content (AvgIpc) is 2.14. The van der Waals surface area contributed by atoms with Crippen molar-refractivity contribution >= 4 is 10.2 Å². The first-order valence-electron chi connectivity index (χ1n) is 4.78. The number of aromatic nitrogens is 2. The van der Waals surface area contributed by atoms with Crippen molar-refractivity contribution < 1.29 is 12.3 Å². The zero-order valence-corrected chi connectivity index (χ0v) is 9.87. The van der Waals surface area contributed by atoms with Gasteiger partial charge in [-0.05, 0) is 5.92 Å². The maximum atomic E-state index is 12.3. The van der Waals surface area contributed by atoms with Crippen LogP contribution in [-0.4, -0.2) is 23.7 Å². The van der Waals surface area contributed by atoms with E-state index in [0.29, 0.717) is 5.69 Å². The molecular weight excluding hydrogens is 235 g/mol. The fourth-order valence-electron chi connectivity index (χ4n) is 1.13. The van der Waals surface area contributed by atoms with Crippen LogP contribution in [0.5, 0.6) is 0 Å². The van der Waals surface area contributed by atoms with Crippen LogP contribution in [0.3, 0.4) is 0 Å². The highest BCUT2D eigenvalue weighted by atomic mass is 32.3. The fourth-order valence-corrected chi connectivity index (χ4v) is 1.55. The Morgan fingerprint density at radius 1 is 1.50 bits per heavy atom. The summed E-state index contributed by atoms with van der Waals surface area (Å²) in [6, 6.07) is 1.33. The normalized spacial score (nSPS) is 12.0.